The molecule has 4 aliphatic rings. The molecule has 1 aromatic rings. The van der Waals surface area contributed by atoms with Crippen molar-refractivity contribution in [3.63, 3.8) is 0 Å². The molecule has 0 aromatic heterocycles. The van der Waals surface area contributed by atoms with Crippen LogP contribution < -0.4 is 5.43 Å². The van der Waals surface area contributed by atoms with Crippen molar-refractivity contribution in [2.24, 2.45) is 11.0 Å². The molecule has 1 aromatic carbocycles. The first-order valence-corrected chi connectivity index (χ1v) is 7.28. The van der Waals surface area contributed by atoms with E-state index in [0.717, 1.165) is 43.6 Å². The minimum atomic E-state index is -4.28. The zero-order valence-corrected chi connectivity index (χ0v) is 11.4. The molecule has 3 saturated heterocycles. The molecule has 0 spiro atoms. The van der Waals surface area contributed by atoms with Crippen LogP contribution in [-0.4, -0.2) is 29.7 Å². The summed E-state index contributed by atoms with van der Waals surface area (Å²) in [5.41, 5.74) is 4.60. The minimum Gasteiger partial charge on any atom is -0.301 e. The molecule has 0 amide bonds. The smallest absolute Gasteiger partial charge is 0.301 e. The molecule has 4 aliphatic heterocycles. The van der Waals surface area contributed by atoms with Crippen molar-refractivity contribution < 1.29 is 13.2 Å². The van der Waals surface area contributed by atoms with Gasteiger partial charge in [0.1, 0.15) is 0 Å². The van der Waals surface area contributed by atoms with Gasteiger partial charge in [0.05, 0.1) is 23.4 Å². The van der Waals surface area contributed by atoms with Gasteiger partial charge in [-0.05, 0) is 43.6 Å². The summed E-state index contributed by atoms with van der Waals surface area (Å²) in [6.07, 6.45) is -1.98. The van der Waals surface area contributed by atoms with Gasteiger partial charge in [-0.1, -0.05) is 12.1 Å². The highest BCUT2D eigenvalue weighted by Gasteiger charge is 2.46. The van der Waals surface area contributed by atoms with Crippen LogP contribution in [0.5, 0.6) is 0 Å². The molecule has 3 fully saturated rings. The molecule has 2 unspecified atom stereocenters. The fourth-order valence-electron chi connectivity index (χ4n) is 3.79. The quantitative estimate of drug-likeness (QED) is 0.863. The lowest BCUT2D eigenvalue weighted by Gasteiger charge is -2.45. The van der Waals surface area contributed by atoms with Gasteiger partial charge in [-0.2, -0.15) is 18.3 Å². The molecular weight excluding hydrogens is 279 g/mol. The van der Waals surface area contributed by atoms with Gasteiger partial charge < -0.3 is 5.43 Å². The molecule has 5 rings (SSSR count). The number of alkyl halides is 3. The van der Waals surface area contributed by atoms with E-state index in [0.29, 0.717) is 5.92 Å². The molecule has 0 radical (unpaired) electrons. The first kappa shape index (κ1) is 13.1. The van der Waals surface area contributed by atoms with Crippen LogP contribution in [-0.2, 0) is 6.18 Å². The maximum Gasteiger partial charge on any atom is 0.416 e. The Morgan fingerprint density at radius 3 is 2.38 bits per heavy atom. The van der Waals surface area contributed by atoms with Crippen LogP contribution in [0.15, 0.2) is 29.4 Å². The highest BCUT2D eigenvalue weighted by molar-refractivity contribution is 5.95. The van der Waals surface area contributed by atoms with Gasteiger partial charge in [0.25, 0.3) is 0 Å². The number of benzene rings is 1. The number of fused-ring (bicyclic) bond motifs is 2. The lowest BCUT2D eigenvalue weighted by atomic mass is 9.78. The Hall–Kier alpha value is -1.56. The third-order valence-corrected chi connectivity index (χ3v) is 4.89. The summed E-state index contributed by atoms with van der Waals surface area (Å²) < 4.78 is 37.9. The normalized spacial score (nSPS) is 34.3. The first-order valence-electron chi connectivity index (χ1n) is 7.28. The molecule has 6 heteroatoms. The van der Waals surface area contributed by atoms with E-state index in [9.17, 15) is 13.2 Å². The summed E-state index contributed by atoms with van der Waals surface area (Å²) >= 11 is 0. The summed E-state index contributed by atoms with van der Waals surface area (Å²) in [4.78, 5) is 2.40. The van der Waals surface area contributed by atoms with Crippen LogP contribution in [0.1, 0.15) is 30.0 Å². The molecule has 3 nitrogen and oxygen atoms in total. The van der Waals surface area contributed by atoms with Gasteiger partial charge >= 0.3 is 6.18 Å². The van der Waals surface area contributed by atoms with Crippen LogP contribution in [0.3, 0.4) is 0 Å². The number of nitrogens with zero attached hydrogens (tertiary/aromatic N) is 2. The first-order chi connectivity index (χ1) is 10.0. The number of hydrogen-bond donors (Lipinski definition) is 1. The Morgan fingerprint density at radius 2 is 1.76 bits per heavy atom. The molecule has 0 aliphatic carbocycles. The third-order valence-electron chi connectivity index (χ3n) is 4.89. The van der Waals surface area contributed by atoms with E-state index in [1.807, 2.05) is 0 Å². The summed E-state index contributed by atoms with van der Waals surface area (Å²) in [6.45, 7) is 2.13. The maximum absolute atomic E-state index is 12.6. The van der Waals surface area contributed by atoms with E-state index < -0.39 is 11.7 Å². The fourth-order valence-corrected chi connectivity index (χ4v) is 3.79. The second kappa shape index (κ2) is 4.47. The third kappa shape index (κ3) is 2.04. The highest BCUT2D eigenvalue weighted by atomic mass is 19.4. The molecule has 2 atom stereocenters. The number of halogens is 3. The molecular formula is C15H16F3N3. The van der Waals surface area contributed by atoms with E-state index in [-0.39, 0.29) is 12.1 Å². The number of nitrogens with one attached hydrogen (secondary N) is 1. The summed E-state index contributed by atoms with van der Waals surface area (Å²) in [6, 6.07) is 5.65. The van der Waals surface area contributed by atoms with Gasteiger partial charge in [-0.25, -0.2) is 0 Å². The van der Waals surface area contributed by atoms with Crippen molar-refractivity contribution in [3.8, 4) is 0 Å². The molecule has 0 saturated carbocycles. The molecule has 2 bridgehead atoms. The number of piperidine rings is 3. The number of rotatable bonds is 1. The van der Waals surface area contributed by atoms with E-state index in [1.165, 1.54) is 5.71 Å². The van der Waals surface area contributed by atoms with E-state index in [4.69, 9.17) is 0 Å². The zero-order valence-electron chi connectivity index (χ0n) is 11.4. The second-order valence-electron chi connectivity index (χ2n) is 6.02. The Bertz CT molecular complexity index is 571. The molecule has 4 heterocycles. The van der Waals surface area contributed by atoms with Gasteiger partial charge in [-0.3, -0.25) is 4.90 Å². The summed E-state index contributed by atoms with van der Waals surface area (Å²) in [7, 11) is 0. The molecule has 21 heavy (non-hydrogen) atoms. The topological polar surface area (TPSA) is 27.6 Å². The zero-order chi connectivity index (χ0) is 14.6. The lowest BCUT2D eigenvalue weighted by Crippen LogP contribution is -2.56. The van der Waals surface area contributed by atoms with Crippen molar-refractivity contribution in [1.29, 1.82) is 0 Å². The van der Waals surface area contributed by atoms with Crippen LogP contribution >= 0.6 is 0 Å². The van der Waals surface area contributed by atoms with Crippen LogP contribution in [0, 0.1) is 5.92 Å². The van der Waals surface area contributed by atoms with Crippen molar-refractivity contribution in [2.45, 2.75) is 31.1 Å². The fraction of sp³-hybridized carbons (Fsp3) is 0.533. The molecule has 1 N–H and O–H groups in total. The number of hydrogen-bond acceptors (Lipinski definition) is 3. The van der Waals surface area contributed by atoms with E-state index >= 15 is 0 Å². The van der Waals surface area contributed by atoms with Crippen LogP contribution in [0.4, 0.5) is 13.2 Å². The van der Waals surface area contributed by atoms with E-state index in [2.05, 4.69) is 15.4 Å². The second-order valence-corrected chi connectivity index (χ2v) is 6.02. The largest absolute Gasteiger partial charge is 0.416 e. The van der Waals surface area contributed by atoms with Crippen molar-refractivity contribution in [2.75, 3.05) is 13.1 Å². The Balaban J connectivity index is 1.61. The van der Waals surface area contributed by atoms with Gasteiger partial charge in [0.15, 0.2) is 0 Å². The van der Waals surface area contributed by atoms with Crippen molar-refractivity contribution in [1.82, 2.24) is 10.3 Å². The predicted molar refractivity (Wildman–Crippen MR) is 72.8 cm³/mol. The molecule has 112 valence electrons. The average molecular weight is 295 g/mol. The minimum absolute atomic E-state index is 0.0228. The van der Waals surface area contributed by atoms with Crippen LogP contribution in [0.25, 0.3) is 0 Å². The standard InChI is InChI=1S/C15H16F3N3/c16-15(17,18)11-3-1-9(2-4-11)12-14-13(20-19-12)10-5-7-21(14)8-6-10/h1-4,10,12,14,19H,5-8H2. The number of hydrazone groups is 1. The van der Waals surface area contributed by atoms with Gasteiger partial charge in [-0.15, -0.1) is 0 Å². The summed E-state index contributed by atoms with van der Waals surface area (Å²) in [5, 5.41) is 4.47. The predicted octanol–water partition coefficient (Wildman–Crippen LogP) is 2.80. The van der Waals surface area contributed by atoms with Crippen LogP contribution in [0.2, 0.25) is 0 Å². The Morgan fingerprint density at radius 1 is 1.10 bits per heavy atom. The van der Waals surface area contributed by atoms with Gasteiger partial charge in [0, 0.05) is 5.92 Å². The van der Waals surface area contributed by atoms with Crippen molar-refractivity contribution in [3.05, 3.63) is 35.4 Å². The monoisotopic (exact) mass is 295 g/mol. The van der Waals surface area contributed by atoms with Gasteiger partial charge in [0.2, 0.25) is 0 Å². The summed E-state index contributed by atoms with van der Waals surface area (Å²) in [5.74, 6) is 0.548. The average Bonchev–Trinajstić information content (AvgIpc) is 2.95. The lowest BCUT2D eigenvalue weighted by molar-refractivity contribution is -0.137. The Kier molecular flexibility index (Phi) is 2.79. The maximum atomic E-state index is 12.6. The van der Waals surface area contributed by atoms with Crippen molar-refractivity contribution >= 4 is 5.71 Å². The van der Waals surface area contributed by atoms with E-state index in [1.54, 1.807) is 12.1 Å². The Labute approximate surface area is 120 Å². The SMILES string of the molecule is FC(F)(F)c1ccc(C2NN=C3C4CCN(CC4)C32)cc1. The highest BCUT2D eigenvalue weighted by Crippen LogP contribution is 2.39.